The first-order valence-electron chi connectivity index (χ1n) is 2.57. The standard InChI is InChI=1S/C6H12N2/c1-3-4-6(2)5-8-7/h3-5,8H,7H2,1-2H3/b4-3-,6-5-. The molecule has 0 aromatic rings. The Bertz CT molecular complexity index is 103. The van der Waals surface area contributed by atoms with Gasteiger partial charge < -0.3 is 5.43 Å². The second kappa shape index (κ2) is 4.40. The van der Waals surface area contributed by atoms with Gasteiger partial charge in [0, 0.05) is 6.20 Å². The fourth-order valence-electron chi connectivity index (χ4n) is 0.442. The lowest BCUT2D eigenvalue weighted by Crippen LogP contribution is -2.13. The van der Waals surface area contributed by atoms with Gasteiger partial charge in [-0.25, -0.2) is 0 Å². The van der Waals surface area contributed by atoms with Gasteiger partial charge in [0.2, 0.25) is 0 Å². The summed E-state index contributed by atoms with van der Waals surface area (Å²) in [5.41, 5.74) is 3.56. The number of rotatable bonds is 2. The van der Waals surface area contributed by atoms with E-state index in [0.29, 0.717) is 0 Å². The highest BCUT2D eigenvalue weighted by molar-refractivity contribution is 5.13. The minimum atomic E-state index is 1.12. The maximum atomic E-state index is 5.00. The molecule has 0 aliphatic heterocycles. The van der Waals surface area contributed by atoms with Crippen molar-refractivity contribution in [1.29, 1.82) is 0 Å². The summed E-state index contributed by atoms with van der Waals surface area (Å²) in [4.78, 5) is 0. The van der Waals surface area contributed by atoms with Crippen LogP contribution in [0.15, 0.2) is 23.9 Å². The van der Waals surface area contributed by atoms with Crippen LogP contribution in [0, 0.1) is 0 Å². The van der Waals surface area contributed by atoms with Crippen molar-refractivity contribution in [2.45, 2.75) is 13.8 Å². The molecule has 0 saturated heterocycles. The monoisotopic (exact) mass is 112 g/mol. The predicted octanol–water partition coefficient (Wildman–Crippen LogP) is 0.930. The molecule has 0 amide bonds. The molecule has 0 aromatic carbocycles. The molecule has 0 fully saturated rings. The van der Waals surface area contributed by atoms with Gasteiger partial charge in [-0.1, -0.05) is 12.2 Å². The molecule has 0 heterocycles. The molecule has 0 unspecified atom stereocenters. The van der Waals surface area contributed by atoms with Crippen LogP contribution in [-0.2, 0) is 0 Å². The van der Waals surface area contributed by atoms with Crippen molar-refractivity contribution in [1.82, 2.24) is 5.43 Å². The Morgan fingerprint density at radius 2 is 2.25 bits per heavy atom. The van der Waals surface area contributed by atoms with Gasteiger partial charge in [-0.15, -0.1) is 0 Å². The maximum absolute atomic E-state index is 5.00. The lowest BCUT2D eigenvalue weighted by atomic mass is 10.3. The average Bonchev–Trinajstić information content (AvgIpc) is 1.68. The zero-order valence-corrected chi connectivity index (χ0v) is 5.31. The Hall–Kier alpha value is -0.760. The zero-order chi connectivity index (χ0) is 6.41. The minimum absolute atomic E-state index is 1.12. The summed E-state index contributed by atoms with van der Waals surface area (Å²) in [5.74, 6) is 5.00. The third kappa shape index (κ3) is 3.43. The van der Waals surface area contributed by atoms with E-state index in [4.69, 9.17) is 5.84 Å². The number of allylic oxidation sites excluding steroid dienone is 3. The van der Waals surface area contributed by atoms with Crippen LogP contribution >= 0.6 is 0 Å². The van der Waals surface area contributed by atoms with E-state index in [0.717, 1.165) is 5.57 Å². The van der Waals surface area contributed by atoms with Gasteiger partial charge in [0.15, 0.2) is 0 Å². The summed E-state index contributed by atoms with van der Waals surface area (Å²) in [7, 11) is 0. The fourth-order valence-corrected chi connectivity index (χ4v) is 0.442. The van der Waals surface area contributed by atoms with Gasteiger partial charge >= 0.3 is 0 Å². The van der Waals surface area contributed by atoms with Crippen molar-refractivity contribution in [3.63, 3.8) is 0 Å². The first-order chi connectivity index (χ1) is 3.81. The molecule has 0 aliphatic rings. The maximum Gasteiger partial charge on any atom is 0.0152 e. The summed E-state index contributed by atoms with van der Waals surface area (Å²) in [6.07, 6.45) is 5.67. The molecule has 0 saturated carbocycles. The van der Waals surface area contributed by atoms with E-state index in [1.165, 1.54) is 0 Å². The fraction of sp³-hybridized carbons (Fsp3) is 0.333. The molecule has 46 valence electrons. The highest BCUT2D eigenvalue weighted by Gasteiger charge is 1.73. The Morgan fingerprint density at radius 3 is 2.62 bits per heavy atom. The van der Waals surface area contributed by atoms with Crippen molar-refractivity contribution in [2.75, 3.05) is 0 Å². The molecule has 0 spiro atoms. The molecule has 8 heavy (non-hydrogen) atoms. The summed E-state index contributed by atoms with van der Waals surface area (Å²) < 4.78 is 0. The van der Waals surface area contributed by atoms with E-state index in [9.17, 15) is 0 Å². The van der Waals surface area contributed by atoms with Gasteiger partial charge in [-0.2, -0.15) is 0 Å². The highest BCUT2D eigenvalue weighted by atomic mass is 15.2. The molecule has 0 radical (unpaired) electrons. The molecular formula is C6H12N2. The van der Waals surface area contributed by atoms with Crippen LogP contribution in [0.25, 0.3) is 0 Å². The van der Waals surface area contributed by atoms with E-state index in [-0.39, 0.29) is 0 Å². The van der Waals surface area contributed by atoms with E-state index in [1.54, 1.807) is 6.20 Å². The molecule has 2 nitrogen and oxygen atoms in total. The van der Waals surface area contributed by atoms with Crippen molar-refractivity contribution < 1.29 is 0 Å². The topological polar surface area (TPSA) is 38.0 Å². The Balaban J connectivity index is 3.61. The van der Waals surface area contributed by atoms with E-state index in [1.807, 2.05) is 26.0 Å². The van der Waals surface area contributed by atoms with Gasteiger partial charge in [-0.05, 0) is 19.4 Å². The first-order valence-corrected chi connectivity index (χ1v) is 2.57. The predicted molar refractivity (Wildman–Crippen MR) is 35.9 cm³/mol. The van der Waals surface area contributed by atoms with Crippen LogP contribution in [0.5, 0.6) is 0 Å². The summed E-state index contributed by atoms with van der Waals surface area (Å²) in [6.45, 7) is 3.94. The van der Waals surface area contributed by atoms with Crippen molar-refractivity contribution in [3.05, 3.63) is 23.9 Å². The second-order valence-electron chi connectivity index (χ2n) is 1.56. The Labute approximate surface area is 50.0 Å². The SMILES string of the molecule is C/C=C\C(C)=C/NN. The first kappa shape index (κ1) is 7.24. The van der Waals surface area contributed by atoms with E-state index >= 15 is 0 Å². The quantitative estimate of drug-likeness (QED) is 0.317. The Morgan fingerprint density at radius 1 is 1.62 bits per heavy atom. The van der Waals surface area contributed by atoms with Gasteiger partial charge in [0.1, 0.15) is 0 Å². The van der Waals surface area contributed by atoms with Crippen molar-refractivity contribution >= 4 is 0 Å². The number of nitrogens with two attached hydrogens (primary N) is 1. The summed E-state index contributed by atoms with van der Waals surface area (Å²) in [5, 5.41) is 0. The molecule has 3 N–H and O–H groups in total. The lowest BCUT2D eigenvalue weighted by molar-refractivity contribution is 0.957. The number of hydrogen-bond donors (Lipinski definition) is 2. The zero-order valence-electron chi connectivity index (χ0n) is 5.31. The van der Waals surface area contributed by atoms with E-state index in [2.05, 4.69) is 5.43 Å². The second-order valence-corrected chi connectivity index (χ2v) is 1.56. The van der Waals surface area contributed by atoms with Crippen LogP contribution in [-0.4, -0.2) is 0 Å². The van der Waals surface area contributed by atoms with Gasteiger partial charge in [-0.3, -0.25) is 5.84 Å². The highest BCUT2D eigenvalue weighted by Crippen LogP contribution is 1.89. The van der Waals surface area contributed by atoms with Crippen molar-refractivity contribution in [3.8, 4) is 0 Å². The molecule has 0 aromatic heterocycles. The third-order valence-electron chi connectivity index (χ3n) is 0.741. The largest absolute Gasteiger partial charge is 0.331 e. The number of nitrogens with one attached hydrogen (secondary N) is 1. The molecule has 0 aliphatic carbocycles. The van der Waals surface area contributed by atoms with E-state index < -0.39 is 0 Å². The lowest BCUT2D eigenvalue weighted by Gasteiger charge is -1.88. The Kier molecular flexibility index (Phi) is 3.98. The summed E-state index contributed by atoms with van der Waals surface area (Å²) in [6, 6.07) is 0. The van der Waals surface area contributed by atoms with Crippen molar-refractivity contribution in [2.24, 2.45) is 5.84 Å². The van der Waals surface area contributed by atoms with Crippen LogP contribution in [0.4, 0.5) is 0 Å². The smallest absolute Gasteiger partial charge is 0.0152 e. The molecule has 0 atom stereocenters. The van der Waals surface area contributed by atoms with Crippen LogP contribution in [0.3, 0.4) is 0 Å². The minimum Gasteiger partial charge on any atom is -0.331 e. The van der Waals surface area contributed by atoms with Crippen LogP contribution in [0.2, 0.25) is 0 Å². The number of hydrazine groups is 1. The average molecular weight is 112 g/mol. The third-order valence-corrected chi connectivity index (χ3v) is 0.741. The number of hydrogen-bond acceptors (Lipinski definition) is 2. The molecular weight excluding hydrogens is 100 g/mol. The van der Waals surface area contributed by atoms with Gasteiger partial charge in [0.25, 0.3) is 0 Å². The molecule has 0 bridgehead atoms. The van der Waals surface area contributed by atoms with Crippen LogP contribution < -0.4 is 11.3 Å². The summed E-state index contributed by atoms with van der Waals surface area (Å²) >= 11 is 0. The van der Waals surface area contributed by atoms with Crippen LogP contribution in [0.1, 0.15) is 13.8 Å². The normalized spacial score (nSPS) is 12.6. The molecule has 0 rings (SSSR count). The van der Waals surface area contributed by atoms with Gasteiger partial charge in [0.05, 0.1) is 0 Å². The molecule has 2 heteroatoms.